The topological polar surface area (TPSA) is 121 Å². The predicted molar refractivity (Wildman–Crippen MR) is 290 cm³/mol. The van der Waals surface area contributed by atoms with Crippen LogP contribution in [-0.2, 0) is 15.8 Å². The normalized spacial score (nSPS) is 20.6. The number of nitrogens with one attached hydrogen (secondary N) is 2. The Labute approximate surface area is 460 Å². The molecule has 4 fully saturated rings. The molecule has 0 saturated carbocycles. The van der Waals surface area contributed by atoms with Crippen LogP contribution < -0.4 is 15.4 Å². The Kier molecular flexibility index (Phi) is 18.3. The first-order chi connectivity index (χ1) is 37.3. The summed E-state index contributed by atoms with van der Waals surface area (Å²) in [4.78, 5) is 66.9. The lowest BCUT2D eigenvalue weighted by Gasteiger charge is -2.50. The number of piperidine rings is 2. The van der Waals surface area contributed by atoms with E-state index < -0.39 is 23.5 Å². The highest BCUT2D eigenvalue weighted by atomic mass is 19.4. The fraction of sp³-hybridized carbons (Fsp3) is 0.533. The monoisotopic (exact) mass is 1100 g/mol. The summed E-state index contributed by atoms with van der Waals surface area (Å²) in [7, 11) is 0. The molecule has 0 radical (unpaired) electrons. The summed E-state index contributed by atoms with van der Waals surface area (Å²) < 4.78 is 84.5. The quantitative estimate of drug-likeness (QED) is 0.128. The molecule has 4 heterocycles. The van der Waals surface area contributed by atoms with Crippen molar-refractivity contribution in [3.63, 3.8) is 0 Å². The number of likely N-dealkylation sites (tertiary alicyclic amines) is 2. The number of hydrogen-bond acceptors (Lipinski definition) is 7. The standard InChI is InChI=1S/C60H76F6N8O5/c1-41(75)69-31-26-47(27-32-69)68-56(78)74-38-36-72(54(43-15-11-8-12-16-43)45-19-23-49(24-20-45)79-60(64,65)66)40-51(74)58(5,6)30-25-52(76)70-33-28-48(29-34-70)67-55(77)73-37-35-71(39-50(73)57(2,3)4)53(42-13-9-7-10-14-42)44-17-21-46(22-18-44)59(61,62)63/h7-24,47-48,50-51,53-54H,25-40H2,1-6H3,(H,67,77)(H,68,78)/t50-,51-,53?,54?/m1/s1. The molecule has 8 rings (SSSR count). The van der Waals surface area contributed by atoms with Gasteiger partial charge in [0.05, 0.1) is 29.7 Å². The minimum atomic E-state index is -4.84. The van der Waals surface area contributed by atoms with E-state index in [2.05, 4.69) is 59.8 Å². The zero-order valence-electron chi connectivity index (χ0n) is 46.2. The summed E-state index contributed by atoms with van der Waals surface area (Å²) in [5, 5.41) is 6.54. The smallest absolute Gasteiger partial charge is 0.406 e. The number of piperazine rings is 2. The Morgan fingerprint density at radius 1 is 0.544 bits per heavy atom. The van der Waals surface area contributed by atoms with Gasteiger partial charge in [-0.15, -0.1) is 13.2 Å². The van der Waals surface area contributed by atoms with Crippen molar-refractivity contribution in [3.8, 4) is 5.75 Å². The molecule has 4 aliphatic heterocycles. The maximum atomic E-state index is 14.4. The number of carbonyl (C=O) groups is 4. The fourth-order valence-corrected chi connectivity index (χ4v) is 12.1. The largest absolute Gasteiger partial charge is 0.573 e. The number of carbonyl (C=O) groups excluding carboxylic acids is 4. The Morgan fingerprint density at radius 2 is 0.962 bits per heavy atom. The third kappa shape index (κ3) is 14.9. The van der Waals surface area contributed by atoms with Crippen molar-refractivity contribution in [3.05, 3.63) is 137 Å². The van der Waals surface area contributed by atoms with Gasteiger partial charge < -0.3 is 35.0 Å². The first kappa shape index (κ1) is 58.8. The van der Waals surface area contributed by atoms with E-state index in [0.717, 1.165) is 34.4 Å². The number of ether oxygens (including phenoxy) is 1. The molecule has 4 atom stereocenters. The van der Waals surface area contributed by atoms with Crippen LogP contribution in [0.15, 0.2) is 109 Å². The molecule has 428 valence electrons. The summed E-state index contributed by atoms with van der Waals surface area (Å²) in [6.45, 7) is 16.6. The van der Waals surface area contributed by atoms with Gasteiger partial charge in [0, 0.05) is 90.9 Å². The Morgan fingerprint density at radius 3 is 1.39 bits per heavy atom. The molecule has 4 saturated heterocycles. The average molecular weight is 1100 g/mol. The third-order valence-electron chi connectivity index (χ3n) is 16.6. The molecule has 0 aliphatic carbocycles. The third-order valence-corrected chi connectivity index (χ3v) is 16.6. The zero-order chi connectivity index (χ0) is 56.9. The average Bonchev–Trinajstić information content (AvgIpc) is 3.52. The van der Waals surface area contributed by atoms with E-state index in [4.69, 9.17) is 0 Å². The van der Waals surface area contributed by atoms with Gasteiger partial charge in [0.15, 0.2) is 0 Å². The minimum absolute atomic E-state index is 0.00110. The van der Waals surface area contributed by atoms with Crippen molar-refractivity contribution >= 4 is 23.9 Å². The lowest BCUT2D eigenvalue weighted by molar-refractivity contribution is -0.274. The molecule has 6 amide bonds. The molecule has 0 bridgehead atoms. The van der Waals surface area contributed by atoms with Crippen LogP contribution in [0, 0.1) is 10.8 Å². The zero-order valence-corrected chi connectivity index (χ0v) is 46.2. The van der Waals surface area contributed by atoms with Crippen LogP contribution in [0.5, 0.6) is 5.75 Å². The number of hydrogen-bond donors (Lipinski definition) is 2. The van der Waals surface area contributed by atoms with Crippen molar-refractivity contribution in [2.75, 3.05) is 65.4 Å². The highest BCUT2D eigenvalue weighted by Gasteiger charge is 2.45. The van der Waals surface area contributed by atoms with Gasteiger partial charge in [-0.25, -0.2) is 9.59 Å². The highest BCUT2D eigenvalue weighted by Crippen LogP contribution is 2.40. The lowest BCUT2D eigenvalue weighted by Crippen LogP contribution is -2.63. The van der Waals surface area contributed by atoms with Crippen molar-refractivity contribution in [2.24, 2.45) is 10.8 Å². The molecule has 13 nitrogen and oxygen atoms in total. The summed E-state index contributed by atoms with van der Waals surface area (Å²) in [5.41, 5.74) is 1.71. The summed E-state index contributed by atoms with van der Waals surface area (Å²) in [5.74, 6) is -0.348. The molecule has 79 heavy (non-hydrogen) atoms. The maximum Gasteiger partial charge on any atom is 0.573 e. The molecule has 4 aliphatic rings. The number of nitrogens with zero attached hydrogens (tertiary/aromatic N) is 6. The van der Waals surface area contributed by atoms with Crippen LogP contribution in [0.2, 0.25) is 0 Å². The van der Waals surface area contributed by atoms with Gasteiger partial charge in [0.1, 0.15) is 5.75 Å². The first-order valence-electron chi connectivity index (χ1n) is 27.6. The Balaban J connectivity index is 0.915. The van der Waals surface area contributed by atoms with Crippen molar-refractivity contribution in [1.82, 2.24) is 40.0 Å². The van der Waals surface area contributed by atoms with E-state index in [1.54, 1.807) is 36.1 Å². The molecule has 4 aromatic rings. The van der Waals surface area contributed by atoms with Gasteiger partial charge in [0.25, 0.3) is 0 Å². The molecule has 0 aromatic heterocycles. The van der Waals surface area contributed by atoms with E-state index in [0.29, 0.717) is 97.6 Å². The van der Waals surface area contributed by atoms with Gasteiger partial charge in [0.2, 0.25) is 11.8 Å². The van der Waals surface area contributed by atoms with Crippen LogP contribution in [-0.4, -0.2) is 149 Å². The van der Waals surface area contributed by atoms with Crippen LogP contribution in [0.25, 0.3) is 0 Å². The number of rotatable bonds is 13. The summed E-state index contributed by atoms with van der Waals surface area (Å²) >= 11 is 0. The van der Waals surface area contributed by atoms with Gasteiger partial charge in [-0.2, -0.15) is 13.2 Å². The van der Waals surface area contributed by atoms with E-state index in [1.807, 2.05) is 75.4 Å². The lowest BCUT2D eigenvalue weighted by atomic mass is 9.77. The number of amides is 6. The van der Waals surface area contributed by atoms with E-state index in [-0.39, 0.29) is 77.7 Å². The summed E-state index contributed by atoms with van der Waals surface area (Å²) in [6, 6.07) is 28.6. The molecule has 0 spiro atoms. The van der Waals surface area contributed by atoms with Crippen LogP contribution in [0.4, 0.5) is 35.9 Å². The van der Waals surface area contributed by atoms with Crippen LogP contribution in [0.1, 0.15) is 120 Å². The molecule has 2 unspecified atom stereocenters. The van der Waals surface area contributed by atoms with Crippen molar-refractivity contribution in [2.45, 2.75) is 129 Å². The molecular weight excluding hydrogens is 1030 g/mol. The number of benzene rings is 4. The molecule has 2 N–H and O–H groups in total. The number of urea groups is 2. The molecule has 19 heteroatoms. The highest BCUT2D eigenvalue weighted by molar-refractivity contribution is 5.78. The number of halogens is 6. The SMILES string of the molecule is CC(=O)N1CCC(NC(=O)N2CCN(C(c3ccccc3)c3ccc(OC(F)(F)F)cc3)C[C@@H]2C(C)(C)CCC(=O)N2CCC(NC(=O)N3CCN(C(c4ccccc4)c4ccc(C(F)(F)F)cc4)C[C@@H]3C(C)(C)C)CC2)CC1. The Hall–Kier alpha value is -6.34. The van der Waals surface area contributed by atoms with Gasteiger partial charge in [-0.1, -0.05) is 120 Å². The second-order valence-electron chi connectivity index (χ2n) is 23.5. The van der Waals surface area contributed by atoms with E-state index in [9.17, 15) is 45.5 Å². The molecule has 4 aromatic carbocycles. The second-order valence-corrected chi connectivity index (χ2v) is 23.5. The van der Waals surface area contributed by atoms with Crippen LogP contribution in [0.3, 0.4) is 0 Å². The predicted octanol–water partition coefficient (Wildman–Crippen LogP) is 10.7. The minimum Gasteiger partial charge on any atom is -0.406 e. The first-order valence-corrected chi connectivity index (χ1v) is 27.6. The Bertz CT molecular complexity index is 2670. The summed E-state index contributed by atoms with van der Waals surface area (Å²) in [6.07, 6.45) is -6.25. The van der Waals surface area contributed by atoms with Crippen molar-refractivity contribution < 1.29 is 50.3 Å². The van der Waals surface area contributed by atoms with Crippen LogP contribution >= 0.6 is 0 Å². The van der Waals surface area contributed by atoms with E-state index >= 15 is 0 Å². The van der Waals surface area contributed by atoms with Crippen molar-refractivity contribution in [1.29, 1.82) is 0 Å². The van der Waals surface area contributed by atoms with Gasteiger partial charge in [-0.05, 0) is 89.5 Å². The second kappa shape index (κ2) is 24.6. The number of alkyl halides is 6. The van der Waals surface area contributed by atoms with Gasteiger partial charge >= 0.3 is 24.6 Å². The fourth-order valence-electron chi connectivity index (χ4n) is 12.1. The van der Waals surface area contributed by atoms with Gasteiger partial charge in [-0.3, -0.25) is 19.4 Å². The molecular formula is C60H76F6N8O5. The van der Waals surface area contributed by atoms with E-state index in [1.165, 1.54) is 12.1 Å². The maximum absolute atomic E-state index is 14.4.